The summed E-state index contributed by atoms with van der Waals surface area (Å²) in [6.07, 6.45) is 2.27. The number of nitrogens with one attached hydrogen (secondary N) is 2. The molecule has 1 fully saturated rings. The Kier molecular flexibility index (Phi) is 4.83. The molecule has 1 aromatic rings. The van der Waals surface area contributed by atoms with Crippen LogP contribution in [-0.4, -0.2) is 23.3 Å². The minimum absolute atomic E-state index is 0.352. The Morgan fingerprint density at radius 3 is 2.55 bits per heavy atom. The predicted octanol–water partition coefficient (Wildman–Crippen LogP) is 2.75. The highest BCUT2D eigenvalue weighted by molar-refractivity contribution is 7.80. The number of ether oxygens (including phenoxy) is 1. The molecule has 0 radical (unpaired) electrons. The van der Waals surface area contributed by atoms with Crippen molar-refractivity contribution in [3.63, 3.8) is 0 Å². The van der Waals surface area contributed by atoms with Crippen molar-refractivity contribution in [1.82, 2.24) is 15.8 Å². The van der Waals surface area contributed by atoms with Gasteiger partial charge in [-0.05, 0) is 50.2 Å². The zero-order chi connectivity index (χ0) is 14.6. The zero-order valence-corrected chi connectivity index (χ0v) is 13.2. The van der Waals surface area contributed by atoms with E-state index in [2.05, 4.69) is 36.7 Å². The van der Waals surface area contributed by atoms with Crippen molar-refractivity contribution in [2.45, 2.75) is 39.3 Å². The van der Waals surface area contributed by atoms with Crippen LogP contribution in [0.3, 0.4) is 0 Å². The molecular weight excluding hydrogens is 270 g/mol. The smallest absolute Gasteiger partial charge is 0.185 e. The molecule has 20 heavy (non-hydrogen) atoms. The standard InChI is InChI=1S/C15H23N3OS/c1-4-6-11-18-14(20)16-15(3,17-18)12-7-9-13(10-8-12)19-5-2/h7-10,17H,4-6,11H2,1-3H3,(H,16,20). The Hall–Kier alpha value is -1.33. The van der Waals surface area contributed by atoms with Crippen LogP contribution >= 0.6 is 12.2 Å². The molecule has 0 aromatic heterocycles. The third-order valence-electron chi connectivity index (χ3n) is 3.44. The van der Waals surface area contributed by atoms with Crippen LogP contribution < -0.4 is 15.5 Å². The van der Waals surface area contributed by atoms with Crippen molar-refractivity contribution < 1.29 is 4.74 Å². The first kappa shape index (κ1) is 15.1. The summed E-state index contributed by atoms with van der Waals surface area (Å²) in [5, 5.41) is 6.14. The number of hydrogen-bond acceptors (Lipinski definition) is 3. The second-order valence-electron chi connectivity index (χ2n) is 5.13. The number of thiocarbonyl (C=S) groups is 1. The summed E-state index contributed by atoms with van der Waals surface area (Å²) < 4.78 is 5.47. The molecule has 1 aliphatic rings. The number of unbranched alkanes of at least 4 members (excludes halogenated alkanes) is 1. The molecule has 5 heteroatoms. The van der Waals surface area contributed by atoms with E-state index in [4.69, 9.17) is 17.0 Å². The summed E-state index contributed by atoms with van der Waals surface area (Å²) in [6.45, 7) is 7.87. The highest BCUT2D eigenvalue weighted by Crippen LogP contribution is 2.25. The molecule has 1 unspecified atom stereocenters. The quantitative estimate of drug-likeness (QED) is 0.789. The number of benzene rings is 1. The van der Waals surface area contributed by atoms with Gasteiger partial charge in [0.15, 0.2) is 5.11 Å². The Balaban J connectivity index is 2.09. The molecule has 1 atom stereocenters. The van der Waals surface area contributed by atoms with E-state index >= 15 is 0 Å². The number of nitrogens with zero attached hydrogens (tertiary/aromatic N) is 1. The Bertz CT molecular complexity index is 463. The van der Waals surface area contributed by atoms with E-state index in [1.807, 2.05) is 24.1 Å². The van der Waals surface area contributed by atoms with Gasteiger partial charge in [0.25, 0.3) is 0 Å². The number of hydrogen-bond donors (Lipinski definition) is 2. The molecule has 4 nitrogen and oxygen atoms in total. The van der Waals surface area contributed by atoms with Crippen molar-refractivity contribution in [2.75, 3.05) is 13.2 Å². The fraction of sp³-hybridized carbons (Fsp3) is 0.533. The molecule has 0 spiro atoms. The average Bonchev–Trinajstić information content (AvgIpc) is 2.73. The van der Waals surface area contributed by atoms with Crippen LogP contribution in [0.15, 0.2) is 24.3 Å². The molecular formula is C15H23N3OS. The topological polar surface area (TPSA) is 36.5 Å². The van der Waals surface area contributed by atoms with Crippen molar-refractivity contribution in [1.29, 1.82) is 0 Å². The van der Waals surface area contributed by atoms with Gasteiger partial charge in [-0.2, -0.15) is 0 Å². The van der Waals surface area contributed by atoms with E-state index in [1.165, 1.54) is 0 Å². The molecule has 1 aromatic carbocycles. The molecule has 2 rings (SSSR count). The first-order valence-electron chi connectivity index (χ1n) is 7.20. The van der Waals surface area contributed by atoms with Crippen molar-refractivity contribution in [2.24, 2.45) is 0 Å². The fourth-order valence-electron chi connectivity index (χ4n) is 2.29. The van der Waals surface area contributed by atoms with Gasteiger partial charge in [-0.1, -0.05) is 25.5 Å². The summed E-state index contributed by atoms with van der Waals surface area (Å²) in [5.74, 6) is 0.892. The minimum Gasteiger partial charge on any atom is -0.494 e. The lowest BCUT2D eigenvalue weighted by Crippen LogP contribution is -2.45. The first-order chi connectivity index (χ1) is 9.59. The van der Waals surface area contributed by atoms with Gasteiger partial charge < -0.3 is 10.1 Å². The highest BCUT2D eigenvalue weighted by atomic mass is 32.1. The molecule has 110 valence electrons. The van der Waals surface area contributed by atoms with Gasteiger partial charge in [0.2, 0.25) is 0 Å². The van der Waals surface area contributed by atoms with Gasteiger partial charge in [-0.15, -0.1) is 0 Å². The average molecular weight is 293 g/mol. The first-order valence-corrected chi connectivity index (χ1v) is 7.60. The molecule has 2 N–H and O–H groups in total. The van der Waals surface area contributed by atoms with Gasteiger partial charge in [-0.25, -0.2) is 5.43 Å². The van der Waals surface area contributed by atoms with Gasteiger partial charge in [-0.3, -0.25) is 5.01 Å². The molecule has 0 amide bonds. The Labute approximate surface area is 126 Å². The molecule has 0 bridgehead atoms. The maximum atomic E-state index is 5.47. The van der Waals surface area contributed by atoms with Crippen LogP contribution in [0, 0.1) is 0 Å². The Morgan fingerprint density at radius 1 is 1.25 bits per heavy atom. The van der Waals surface area contributed by atoms with Crippen molar-refractivity contribution >= 4 is 17.3 Å². The van der Waals surface area contributed by atoms with Crippen LogP contribution in [0.1, 0.15) is 39.2 Å². The van der Waals surface area contributed by atoms with Gasteiger partial charge in [0.1, 0.15) is 11.4 Å². The summed E-state index contributed by atoms with van der Waals surface area (Å²) in [7, 11) is 0. The highest BCUT2D eigenvalue weighted by Gasteiger charge is 2.36. The summed E-state index contributed by atoms with van der Waals surface area (Å²) >= 11 is 5.40. The van der Waals surface area contributed by atoms with Crippen LogP contribution in [0.5, 0.6) is 5.75 Å². The van der Waals surface area contributed by atoms with E-state index in [9.17, 15) is 0 Å². The normalized spacial score (nSPS) is 21.9. The van der Waals surface area contributed by atoms with E-state index in [1.54, 1.807) is 0 Å². The fourth-order valence-corrected chi connectivity index (χ4v) is 2.63. The zero-order valence-electron chi connectivity index (χ0n) is 12.4. The lowest BCUT2D eigenvalue weighted by Gasteiger charge is -2.26. The lowest BCUT2D eigenvalue weighted by molar-refractivity contribution is 0.233. The van der Waals surface area contributed by atoms with Crippen LogP contribution in [0.2, 0.25) is 0 Å². The van der Waals surface area contributed by atoms with Gasteiger partial charge in [0, 0.05) is 6.54 Å². The second-order valence-corrected chi connectivity index (χ2v) is 5.52. The predicted molar refractivity (Wildman–Crippen MR) is 85.4 cm³/mol. The molecule has 0 aliphatic carbocycles. The summed E-state index contributed by atoms with van der Waals surface area (Å²) in [4.78, 5) is 0. The maximum Gasteiger partial charge on any atom is 0.185 e. The van der Waals surface area contributed by atoms with Crippen molar-refractivity contribution in [3.05, 3.63) is 29.8 Å². The van der Waals surface area contributed by atoms with Crippen LogP contribution in [0.4, 0.5) is 0 Å². The number of rotatable bonds is 6. The van der Waals surface area contributed by atoms with E-state index in [0.29, 0.717) is 6.61 Å². The SMILES string of the molecule is CCCCN1NC(C)(c2ccc(OCC)cc2)NC1=S. The van der Waals surface area contributed by atoms with Gasteiger partial charge in [0.05, 0.1) is 6.61 Å². The molecule has 1 saturated heterocycles. The minimum atomic E-state index is -0.352. The number of hydrazine groups is 1. The molecule has 1 heterocycles. The monoisotopic (exact) mass is 293 g/mol. The molecule has 0 saturated carbocycles. The largest absolute Gasteiger partial charge is 0.494 e. The third-order valence-corrected chi connectivity index (χ3v) is 3.76. The summed E-state index contributed by atoms with van der Waals surface area (Å²) in [5.41, 5.74) is 4.25. The van der Waals surface area contributed by atoms with Crippen molar-refractivity contribution in [3.8, 4) is 5.75 Å². The second kappa shape index (κ2) is 6.41. The van der Waals surface area contributed by atoms with Gasteiger partial charge >= 0.3 is 0 Å². The van der Waals surface area contributed by atoms with Crippen LogP contribution in [-0.2, 0) is 5.66 Å². The van der Waals surface area contributed by atoms with E-state index in [0.717, 1.165) is 35.8 Å². The van der Waals surface area contributed by atoms with E-state index in [-0.39, 0.29) is 5.66 Å². The Morgan fingerprint density at radius 2 is 1.95 bits per heavy atom. The summed E-state index contributed by atoms with van der Waals surface area (Å²) in [6, 6.07) is 8.12. The molecule has 1 aliphatic heterocycles. The van der Waals surface area contributed by atoms with E-state index < -0.39 is 0 Å². The third kappa shape index (κ3) is 3.22. The maximum absolute atomic E-state index is 5.47. The van der Waals surface area contributed by atoms with Crippen LogP contribution in [0.25, 0.3) is 0 Å². The lowest BCUT2D eigenvalue weighted by atomic mass is 10.0.